The second kappa shape index (κ2) is 71.4. The highest BCUT2D eigenvalue weighted by atomic mass is 16.7. The highest BCUT2D eigenvalue weighted by molar-refractivity contribution is 5.71. The molecule has 0 radical (unpaired) electrons. The van der Waals surface area contributed by atoms with Gasteiger partial charge in [-0.25, -0.2) is 4.79 Å². The van der Waals surface area contributed by atoms with Gasteiger partial charge in [-0.3, -0.25) is 9.59 Å². The maximum absolute atomic E-state index is 13.0. The number of quaternary nitrogens is 1. The van der Waals surface area contributed by atoms with E-state index in [0.29, 0.717) is 17.4 Å². The van der Waals surface area contributed by atoms with Crippen molar-refractivity contribution in [2.45, 2.75) is 411 Å². The summed E-state index contributed by atoms with van der Waals surface area (Å²) in [5.41, 5.74) is 0. The van der Waals surface area contributed by atoms with Gasteiger partial charge < -0.3 is 28.5 Å². The van der Waals surface area contributed by atoms with Crippen LogP contribution in [0.3, 0.4) is 0 Å². The fraction of sp³-hybridized carbons (Fsp3) is 0.887. The smallest absolute Gasteiger partial charge is 0.361 e. The number of likely N-dealkylation sites (N-methyl/N-ethyl adjacent to an activating group) is 1. The molecule has 0 spiro atoms. The van der Waals surface area contributed by atoms with Crippen molar-refractivity contribution in [1.82, 2.24) is 0 Å². The van der Waals surface area contributed by atoms with Gasteiger partial charge in [0.1, 0.15) is 13.2 Å². The summed E-state index contributed by atoms with van der Waals surface area (Å²) in [7, 11) is 5.99. The van der Waals surface area contributed by atoms with E-state index >= 15 is 0 Å². The number of rotatable bonds is 74. The minimum absolute atomic E-state index is 0.179. The Morgan fingerprint density at radius 2 is 0.607 bits per heavy atom. The first-order chi connectivity index (χ1) is 43.6. The molecular formula is C80H152NO8+. The molecule has 0 aliphatic carbocycles. The van der Waals surface area contributed by atoms with Crippen molar-refractivity contribution < 1.29 is 42.9 Å². The molecule has 0 amide bonds. The van der Waals surface area contributed by atoms with Gasteiger partial charge >= 0.3 is 17.9 Å². The lowest BCUT2D eigenvalue weighted by molar-refractivity contribution is -0.870. The van der Waals surface area contributed by atoms with E-state index in [-0.39, 0.29) is 32.2 Å². The first-order valence-corrected chi connectivity index (χ1v) is 39.2. The Labute approximate surface area is 553 Å². The molecule has 89 heavy (non-hydrogen) atoms. The van der Waals surface area contributed by atoms with E-state index in [0.717, 1.165) is 57.8 Å². The first kappa shape index (κ1) is 86.5. The molecule has 9 heteroatoms. The highest BCUT2D eigenvalue weighted by Crippen LogP contribution is 2.20. The zero-order chi connectivity index (χ0) is 64.7. The van der Waals surface area contributed by atoms with Crippen LogP contribution in [-0.2, 0) is 33.3 Å². The van der Waals surface area contributed by atoms with Crippen LogP contribution >= 0.6 is 0 Å². The van der Waals surface area contributed by atoms with Crippen LogP contribution in [0.1, 0.15) is 399 Å². The SMILES string of the molecule is CCCCCCC/C=C\C/C=C\C/C=C\CCCCCCCCCCCCC(=O)OC(COC(=O)CCCCCCCCCCCCCCCCCCCCCCCCCCCCCCCCCCCCCCCCC)COC(OCC[N+](C)(C)C)C(=O)O. The molecular weight excluding hydrogens is 1100 g/mol. The lowest BCUT2D eigenvalue weighted by atomic mass is 10.0. The van der Waals surface area contributed by atoms with Gasteiger partial charge in [-0.2, -0.15) is 0 Å². The second-order valence-corrected chi connectivity index (χ2v) is 28.0. The molecule has 2 unspecified atom stereocenters. The minimum Gasteiger partial charge on any atom is -0.477 e. The number of carboxylic acid groups (broad SMARTS) is 1. The minimum atomic E-state index is -1.51. The molecule has 524 valence electrons. The fourth-order valence-electron chi connectivity index (χ4n) is 11.9. The van der Waals surface area contributed by atoms with Crippen molar-refractivity contribution in [2.24, 2.45) is 0 Å². The standard InChI is InChI=1S/C80H151NO8/c1-6-8-10-12-14-16-18-20-22-24-26-28-30-32-33-34-35-36-37-38-39-40-41-42-43-44-45-47-48-50-52-54-56-58-60-62-64-66-68-70-77(82)87-74-76(75-88-80(79(84)85)86-73-72-81(3,4)5)89-78(83)71-69-67-65-63-61-59-57-55-53-51-49-46-31-29-27-25-23-21-19-17-15-13-11-9-7-2/h19,21,25,27,31,46,76,80H,6-18,20,22-24,26,28-30,32-45,47-75H2,1-5H3/p+1/b21-19-,27-25-,46-31-. The van der Waals surface area contributed by atoms with Gasteiger partial charge in [0, 0.05) is 12.8 Å². The number of unbranched alkanes of at least 4 members (excludes halogenated alkanes) is 53. The first-order valence-electron chi connectivity index (χ1n) is 39.2. The summed E-state index contributed by atoms with van der Waals surface area (Å²) in [5.74, 6) is -1.98. The van der Waals surface area contributed by atoms with Crippen molar-refractivity contribution in [2.75, 3.05) is 47.5 Å². The van der Waals surface area contributed by atoms with Crippen LogP contribution in [0.5, 0.6) is 0 Å². The van der Waals surface area contributed by atoms with Crippen molar-refractivity contribution in [1.29, 1.82) is 0 Å². The van der Waals surface area contributed by atoms with Gasteiger partial charge in [-0.1, -0.05) is 371 Å². The van der Waals surface area contributed by atoms with Crippen molar-refractivity contribution in [3.63, 3.8) is 0 Å². The molecule has 0 aromatic rings. The molecule has 0 rings (SSSR count). The third-order valence-electron chi connectivity index (χ3n) is 17.9. The van der Waals surface area contributed by atoms with Crippen molar-refractivity contribution >= 4 is 17.9 Å². The number of carboxylic acids is 1. The molecule has 0 aromatic heterocycles. The normalized spacial score (nSPS) is 12.8. The van der Waals surface area contributed by atoms with Crippen LogP contribution in [0, 0.1) is 0 Å². The van der Waals surface area contributed by atoms with E-state index in [4.69, 9.17) is 18.9 Å². The Morgan fingerprint density at radius 1 is 0.337 bits per heavy atom. The number of carbonyl (C=O) groups excluding carboxylic acids is 2. The molecule has 0 aromatic carbocycles. The molecule has 0 saturated heterocycles. The Morgan fingerprint density at radius 3 is 0.899 bits per heavy atom. The lowest BCUT2D eigenvalue weighted by Gasteiger charge is -2.25. The molecule has 0 bridgehead atoms. The summed E-state index contributed by atoms with van der Waals surface area (Å²) in [5, 5.41) is 9.76. The number of carbonyl (C=O) groups is 3. The number of esters is 2. The monoisotopic (exact) mass is 1260 g/mol. The average Bonchev–Trinajstić information content (AvgIpc) is 3.64. The van der Waals surface area contributed by atoms with Gasteiger partial charge in [0.25, 0.3) is 6.29 Å². The molecule has 0 fully saturated rings. The van der Waals surface area contributed by atoms with Crippen LogP contribution in [0.2, 0.25) is 0 Å². The number of aliphatic carboxylic acids is 1. The van der Waals surface area contributed by atoms with Crippen LogP contribution in [0.4, 0.5) is 0 Å². The van der Waals surface area contributed by atoms with E-state index in [1.807, 2.05) is 21.1 Å². The van der Waals surface area contributed by atoms with Gasteiger partial charge in [0.15, 0.2) is 6.10 Å². The van der Waals surface area contributed by atoms with Gasteiger partial charge in [0.2, 0.25) is 0 Å². The Hall–Kier alpha value is -2.49. The van der Waals surface area contributed by atoms with E-state index in [1.165, 1.54) is 315 Å². The summed E-state index contributed by atoms with van der Waals surface area (Å²) >= 11 is 0. The Bertz CT molecular complexity index is 1550. The summed E-state index contributed by atoms with van der Waals surface area (Å²) in [6.07, 6.45) is 88.8. The quantitative estimate of drug-likeness (QED) is 0.0211. The maximum Gasteiger partial charge on any atom is 0.361 e. The molecule has 2 atom stereocenters. The Balaban J connectivity index is 3.95. The second-order valence-electron chi connectivity index (χ2n) is 28.0. The van der Waals surface area contributed by atoms with Gasteiger partial charge in [0.05, 0.1) is 34.4 Å². The topological polar surface area (TPSA) is 108 Å². The van der Waals surface area contributed by atoms with Crippen LogP contribution in [-0.4, -0.2) is 87.4 Å². The number of allylic oxidation sites excluding steroid dienone is 6. The molecule has 1 N–H and O–H groups in total. The fourth-order valence-corrected chi connectivity index (χ4v) is 11.9. The molecule has 9 nitrogen and oxygen atoms in total. The zero-order valence-corrected chi connectivity index (χ0v) is 60.1. The largest absolute Gasteiger partial charge is 0.477 e. The van der Waals surface area contributed by atoms with E-state index in [9.17, 15) is 19.5 Å². The van der Waals surface area contributed by atoms with Gasteiger partial charge in [-0.05, 0) is 51.4 Å². The lowest BCUT2D eigenvalue weighted by Crippen LogP contribution is -2.40. The molecule has 0 saturated carbocycles. The summed E-state index contributed by atoms with van der Waals surface area (Å²) in [6, 6.07) is 0. The zero-order valence-electron chi connectivity index (χ0n) is 60.1. The third-order valence-corrected chi connectivity index (χ3v) is 17.9. The van der Waals surface area contributed by atoms with E-state index < -0.39 is 24.3 Å². The third kappa shape index (κ3) is 72.8. The summed E-state index contributed by atoms with van der Waals surface area (Å²) in [4.78, 5) is 37.7. The maximum atomic E-state index is 13.0. The molecule has 0 aliphatic rings. The molecule has 0 aliphatic heterocycles. The van der Waals surface area contributed by atoms with Crippen molar-refractivity contribution in [3.05, 3.63) is 36.5 Å². The summed E-state index contributed by atoms with van der Waals surface area (Å²) in [6.45, 7) is 4.93. The predicted molar refractivity (Wildman–Crippen MR) is 383 cm³/mol. The number of ether oxygens (including phenoxy) is 4. The van der Waals surface area contributed by atoms with Crippen LogP contribution < -0.4 is 0 Å². The van der Waals surface area contributed by atoms with Crippen LogP contribution in [0.25, 0.3) is 0 Å². The number of hydrogen-bond donors (Lipinski definition) is 1. The average molecular weight is 1260 g/mol. The van der Waals surface area contributed by atoms with E-state index in [1.54, 1.807) is 0 Å². The molecule has 0 heterocycles. The number of hydrogen-bond acceptors (Lipinski definition) is 7. The number of nitrogens with zero attached hydrogens (tertiary/aromatic N) is 1. The highest BCUT2D eigenvalue weighted by Gasteiger charge is 2.25. The van der Waals surface area contributed by atoms with Crippen LogP contribution in [0.15, 0.2) is 36.5 Å². The Kier molecular flexibility index (Phi) is 69.4. The predicted octanol–water partition coefficient (Wildman–Crippen LogP) is 24.7. The van der Waals surface area contributed by atoms with E-state index in [2.05, 4.69) is 50.3 Å². The summed E-state index contributed by atoms with van der Waals surface area (Å²) < 4.78 is 23.0. The van der Waals surface area contributed by atoms with Crippen molar-refractivity contribution in [3.8, 4) is 0 Å². The van der Waals surface area contributed by atoms with Gasteiger partial charge in [-0.15, -0.1) is 0 Å².